The summed E-state index contributed by atoms with van der Waals surface area (Å²) < 4.78 is 1.09. The first kappa shape index (κ1) is 14.5. The fraction of sp³-hybridized carbons (Fsp3) is 0.214. The van der Waals surface area contributed by atoms with Crippen molar-refractivity contribution in [1.29, 1.82) is 0 Å². The number of aliphatic hydroxyl groups is 1. The number of hydrogen-bond acceptors (Lipinski definition) is 3. The van der Waals surface area contributed by atoms with Gasteiger partial charge in [-0.05, 0) is 34.2 Å². The fourth-order valence-corrected chi connectivity index (χ4v) is 3.10. The van der Waals surface area contributed by atoms with Crippen LogP contribution in [-0.2, 0) is 6.54 Å². The molecule has 1 aromatic heterocycles. The highest BCUT2D eigenvalue weighted by Gasteiger charge is 2.16. The fourth-order valence-electron chi connectivity index (χ4n) is 1.78. The van der Waals surface area contributed by atoms with Crippen molar-refractivity contribution in [3.8, 4) is 0 Å². The third-order valence-electron chi connectivity index (χ3n) is 2.69. The minimum atomic E-state index is -0.0305. The van der Waals surface area contributed by atoms with Crippen LogP contribution in [0.3, 0.4) is 0 Å². The highest BCUT2D eigenvalue weighted by molar-refractivity contribution is 14.1. The molecule has 1 N–H and O–H groups in total. The van der Waals surface area contributed by atoms with Crippen molar-refractivity contribution in [3.05, 3.63) is 55.8 Å². The van der Waals surface area contributed by atoms with Crippen molar-refractivity contribution >= 4 is 39.8 Å². The summed E-state index contributed by atoms with van der Waals surface area (Å²) in [5.74, 6) is -0.0305. The van der Waals surface area contributed by atoms with Gasteiger partial charge in [0.2, 0.25) is 0 Å². The zero-order valence-corrected chi connectivity index (χ0v) is 13.2. The third-order valence-corrected chi connectivity index (χ3v) is 4.48. The van der Waals surface area contributed by atoms with Gasteiger partial charge in [-0.2, -0.15) is 0 Å². The van der Waals surface area contributed by atoms with Crippen LogP contribution in [-0.4, -0.2) is 29.1 Å². The predicted octanol–water partition coefficient (Wildman–Crippen LogP) is 2.99. The standard InChI is InChI=1S/C14H14INO2S/c15-13-8-12(10-19-13)14(18)16(6-7-17)9-11-4-2-1-3-5-11/h1-5,8,10,17H,6-7,9H2. The normalized spacial score (nSPS) is 10.4. The molecule has 0 atom stereocenters. The number of hydrogen-bond donors (Lipinski definition) is 1. The van der Waals surface area contributed by atoms with Crippen LogP contribution in [0.1, 0.15) is 15.9 Å². The molecule has 19 heavy (non-hydrogen) atoms. The molecule has 3 nitrogen and oxygen atoms in total. The monoisotopic (exact) mass is 387 g/mol. The Balaban J connectivity index is 2.13. The number of aliphatic hydroxyl groups excluding tert-OH is 1. The number of thiophene rings is 1. The van der Waals surface area contributed by atoms with E-state index < -0.39 is 0 Å². The molecule has 2 aromatic rings. The smallest absolute Gasteiger partial charge is 0.255 e. The summed E-state index contributed by atoms with van der Waals surface area (Å²) in [6, 6.07) is 11.7. The van der Waals surface area contributed by atoms with Gasteiger partial charge in [0.25, 0.3) is 5.91 Å². The van der Waals surface area contributed by atoms with Crippen molar-refractivity contribution in [2.75, 3.05) is 13.2 Å². The predicted molar refractivity (Wildman–Crippen MR) is 85.3 cm³/mol. The van der Waals surface area contributed by atoms with Crippen LogP contribution in [0.4, 0.5) is 0 Å². The van der Waals surface area contributed by atoms with Gasteiger partial charge in [0.05, 0.1) is 15.1 Å². The lowest BCUT2D eigenvalue weighted by molar-refractivity contribution is 0.0708. The molecule has 0 saturated heterocycles. The van der Waals surface area contributed by atoms with E-state index in [4.69, 9.17) is 5.11 Å². The third kappa shape index (κ3) is 4.02. The zero-order valence-electron chi connectivity index (χ0n) is 10.3. The molecule has 0 fully saturated rings. The summed E-state index contributed by atoms with van der Waals surface area (Å²) in [5.41, 5.74) is 1.76. The van der Waals surface area contributed by atoms with E-state index in [0.29, 0.717) is 18.7 Å². The van der Waals surface area contributed by atoms with E-state index in [-0.39, 0.29) is 12.5 Å². The molecule has 0 aliphatic rings. The molecule has 1 amide bonds. The minimum absolute atomic E-state index is 0.0280. The van der Waals surface area contributed by atoms with E-state index in [2.05, 4.69) is 22.6 Å². The number of benzene rings is 1. The first-order valence-corrected chi connectivity index (χ1v) is 7.84. The van der Waals surface area contributed by atoms with Gasteiger partial charge >= 0.3 is 0 Å². The largest absolute Gasteiger partial charge is 0.395 e. The average molecular weight is 387 g/mol. The van der Waals surface area contributed by atoms with Crippen molar-refractivity contribution in [2.45, 2.75) is 6.54 Å². The highest BCUT2D eigenvalue weighted by Crippen LogP contribution is 2.19. The second-order valence-electron chi connectivity index (χ2n) is 4.08. The summed E-state index contributed by atoms with van der Waals surface area (Å²) >= 11 is 3.75. The number of amides is 1. The van der Waals surface area contributed by atoms with Gasteiger partial charge in [-0.25, -0.2) is 0 Å². The molecule has 0 spiro atoms. The van der Waals surface area contributed by atoms with E-state index in [1.54, 1.807) is 16.2 Å². The van der Waals surface area contributed by atoms with Crippen LogP contribution in [0.2, 0.25) is 0 Å². The Labute approximate surface area is 130 Å². The van der Waals surface area contributed by atoms with E-state index in [1.807, 2.05) is 41.8 Å². The number of carbonyl (C=O) groups excluding carboxylic acids is 1. The van der Waals surface area contributed by atoms with E-state index in [1.165, 1.54) is 0 Å². The Hall–Kier alpha value is -0.920. The maximum Gasteiger partial charge on any atom is 0.255 e. The second-order valence-corrected chi connectivity index (χ2v) is 6.88. The van der Waals surface area contributed by atoms with Gasteiger partial charge in [-0.15, -0.1) is 11.3 Å². The molecule has 5 heteroatoms. The Morgan fingerprint density at radius 1 is 1.32 bits per heavy atom. The number of carbonyl (C=O) groups is 1. The molecule has 100 valence electrons. The molecule has 0 unspecified atom stereocenters. The van der Waals surface area contributed by atoms with Crippen molar-refractivity contribution in [2.24, 2.45) is 0 Å². The number of nitrogens with zero attached hydrogens (tertiary/aromatic N) is 1. The van der Waals surface area contributed by atoms with Gasteiger partial charge in [-0.3, -0.25) is 4.79 Å². The molecule has 1 heterocycles. The summed E-state index contributed by atoms with van der Waals surface area (Å²) in [5, 5.41) is 11.0. The van der Waals surface area contributed by atoms with Gasteiger partial charge in [0.1, 0.15) is 0 Å². The lowest BCUT2D eigenvalue weighted by Crippen LogP contribution is -2.32. The van der Waals surface area contributed by atoms with Crippen LogP contribution in [0.15, 0.2) is 41.8 Å². The van der Waals surface area contributed by atoms with Gasteiger partial charge in [0, 0.05) is 18.5 Å². The van der Waals surface area contributed by atoms with Gasteiger partial charge in [0.15, 0.2) is 0 Å². The molecule has 1 aromatic carbocycles. The van der Waals surface area contributed by atoms with Crippen molar-refractivity contribution in [3.63, 3.8) is 0 Å². The van der Waals surface area contributed by atoms with Crippen molar-refractivity contribution < 1.29 is 9.90 Å². The molecular weight excluding hydrogens is 373 g/mol. The van der Waals surface area contributed by atoms with Gasteiger partial charge in [-0.1, -0.05) is 30.3 Å². The molecule has 2 rings (SSSR count). The minimum Gasteiger partial charge on any atom is -0.395 e. The van der Waals surface area contributed by atoms with E-state index in [0.717, 1.165) is 8.45 Å². The topological polar surface area (TPSA) is 40.5 Å². The molecule has 0 saturated carbocycles. The summed E-state index contributed by atoms with van der Waals surface area (Å²) in [4.78, 5) is 14.0. The van der Waals surface area contributed by atoms with Crippen LogP contribution >= 0.6 is 33.9 Å². The maximum atomic E-state index is 12.4. The number of rotatable bonds is 5. The van der Waals surface area contributed by atoms with Crippen LogP contribution < -0.4 is 0 Å². The highest BCUT2D eigenvalue weighted by atomic mass is 127. The summed E-state index contributed by atoms with van der Waals surface area (Å²) in [6.07, 6.45) is 0. The molecule has 0 bridgehead atoms. The Morgan fingerprint density at radius 3 is 2.63 bits per heavy atom. The molecular formula is C14H14INO2S. The van der Waals surface area contributed by atoms with Crippen LogP contribution in [0.5, 0.6) is 0 Å². The zero-order chi connectivity index (χ0) is 13.7. The molecule has 0 aliphatic heterocycles. The van der Waals surface area contributed by atoms with E-state index in [9.17, 15) is 4.79 Å². The quantitative estimate of drug-likeness (QED) is 0.802. The second kappa shape index (κ2) is 7.02. The summed E-state index contributed by atoms with van der Waals surface area (Å²) in [7, 11) is 0. The molecule has 0 radical (unpaired) electrons. The maximum absolute atomic E-state index is 12.4. The first-order valence-electron chi connectivity index (χ1n) is 5.89. The van der Waals surface area contributed by atoms with Gasteiger partial charge < -0.3 is 10.0 Å². The lowest BCUT2D eigenvalue weighted by atomic mass is 10.2. The first-order chi connectivity index (χ1) is 9.20. The number of halogens is 1. The Morgan fingerprint density at radius 2 is 2.05 bits per heavy atom. The van der Waals surface area contributed by atoms with Crippen LogP contribution in [0.25, 0.3) is 0 Å². The van der Waals surface area contributed by atoms with E-state index >= 15 is 0 Å². The SMILES string of the molecule is O=C(c1csc(I)c1)N(CCO)Cc1ccccc1. The van der Waals surface area contributed by atoms with Crippen LogP contribution in [0, 0.1) is 2.88 Å². The summed E-state index contributed by atoms with van der Waals surface area (Å²) in [6.45, 7) is 0.840. The van der Waals surface area contributed by atoms with Crippen molar-refractivity contribution in [1.82, 2.24) is 4.90 Å². The Kier molecular flexibility index (Phi) is 5.35. The molecule has 0 aliphatic carbocycles. The lowest BCUT2D eigenvalue weighted by Gasteiger charge is -2.21. The average Bonchev–Trinajstić information content (AvgIpc) is 2.85. The Bertz CT molecular complexity index is 541.